The van der Waals surface area contributed by atoms with Crippen molar-refractivity contribution < 1.29 is 9.59 Å². The summed E-state index contributed by atoms with van der Waals surface area (Å²) in [6.45, 7) is 9.78. The minimum atomic E-state index is -0.282. The van der Waals surface area contributed by atoms with Crippen LogP contribution in [0.5, 0.6) is 0 Å². The van der Waals surface area contributed by atoms with Gasteiger partial charge in [-0.3, -0.25) is 14.5 Å². The van der Waals surface area contributed by atoms with Gasteiger partial charge >= 0.3 is 0 Å². The van der Waals surface area contributed by atoms with Gasteiger partial charge in [0.05, 0.1) is 13.1 Å². The largest absolute Gasteiger partial charge is 0.350 e. The Morgan fingerprint density at radius 2 is 1.95 bits per heavy atom. The SMILES string of the molecule is CCN(CC(=O)N(C)CC(=O)NC(C)(C)C)Cc1cccs1. The highest BCUT2D eigenvalue weighted by Crippen LogP contribution is 2.11. The highest BCUT2D eigenvalue weighted by molar-refractivity contribution is 7.09. The van der Waals surface area contributed by atoms with Crippen LogP contribution >= 0.6 is 11.3 Å². The molecular formula is C16H27N3O2S. The van der Waals surface area contributed by atoms with Crippen LogP contribution < -0.4 is 5.32 Å². The van der Waals surface area contributed by atoms with Crippen molar-refractivity contribution in [1.29, 1.82) is 0 Å². The molecule has 0 spiro atoms. The van der Waals surface area contributed by atoms with E-state index in [0.717, 1.165) is 13.1 Å². The lowest BCUT2D eigenvalue weighted by atomic mass is 10.1. The van der Waals surface area contributed by atoms with Gasteiger partial charge < -0.3 is 10.2 Å². The molecule has 6 heteroatoms. The van der Waals surface area contributed by atoms with Crippen molar-refractivity contribution in [2.24, 2.45) is 0 Å². The van der Waals surface area contributed by atoms with E-state index < -0.39 is 0 Å². The Bertz CT molecular complexity index is 480. The Hall–Kier alpha value is -1.40. The third-order valence-electron chi connectivity index (χ3n) is 3.09. The molecule has 0 aliphatic rings. The molecule has 5 nitrogen and oxygen atoms in total. The van der Waals surface area contributed by atoms with Crippen molar-refractivity contribution in [3.8, 4) is 0 Å². The van der Waals surface area contributed by atoms with E-state index in [2.05, 4.69) is 16.3 Å². The summed E-state index contributed by atoms with van der Waals surface area (Å²) in [7, 11) is 1.67. The molecule has 0 aliphatic carbocycles. The van der Waals surface area contributed by atoms with Gasteiger partial charge in [0.25, 0.3) is 0 Å². The minimum absolute atomic E-state index is 0.0394. The van der Waals surface area contributed by atoms with Gasteiger partial charge in [-0.1, -0.05) is 13.0 Å². The number of rotatable bonds is 7. The van der Waals surface area contributed by atoms with Crippen LogP contribution in [0.4, 0.5) is 0 Å². The Kier molecular flexibility index (Phi) is 7.03. The summed E-state index contributed by atoms with van der Waals surface area (Å²) in [4.78, 5) is 28.9. The van der Waals surface area contributed by atoms with E-state index >= 15 is 0 Å². The number of nitrogens with one attached hydrogen (secondary N) is 1. The number of likely N-dealkylation sites (N-methyl/N-ethyl adjacent to an activating group) is 2. The quantitative estimate of drug-likeness (QED) is 0.833. The van der Waals surface area contributed by atoms with Crippen LogP contribution in [-0.4, -0.2) is 53.8 Å². The molecule has 22 heavy (non-hydrogen) atoms. The maximum atomic E-state index is 12.2. The number of hydrogen-bond donors (Lipinski definition) is 1. The molecule has 0 atom stereocenters. The van der Waals surface area contributed by atoms with Crippen molar-refractivity contribution in [2.45, 2.75) is 39.8 Å². The van der Waals surface area contributed by atoms with Crippen LogP contribution in [-0.2, 0) is 16.1 Å². The number of carbonyl (C=O) groups is 2. The number of thiophene rings is 1. The summed E-state index contributed by atoms with van der Waals surface area (Å²) in [5, 5.41) is 4.90. The summed E-state index contributed by atoms with van der Waals surface area (Å²) in [5.74, 6) is -0.174. The van der Waals surface area contributed by atoms with Crippen molar-refractivity contribution in [3.05, 3.63) is 22.4 Å². The highest BCUT2D eigenvalue weighted by atomic mass is 32.1. The van der Waals surface area contributed by atoms with Gasteiger partial charge in [0, 0.05) is 24.0 Å². The van der Waals surface area contributed by atoms with Gasteiger partial charge in [-0.15, -0.1) is 11.3 Å². The van der Waals surface area contributed by atoms with E-state index in [4.69, 9.17) is 0 Å². The number of amides is 2. The van der Waals surface area contributed by atoms with Crippen LogP contribution in [0.15, 0.2) is 17.5 Å². The topological polar surface area (TPSA) is 52.7 Å². The van der Waals surface area contributed by atoms with Crippen LogP contribution in [0.1, 0.15) is 32.6 Å². The van der Waals surface area contributed by atoms with Crippen molar-refractivity contribution in [1.82, 2.24) is 15.1 Å². The molecule has 0 unspecified atom stereocenters. The molecular weight excluding hydrogens is 298 g/mol. The first kappa shape index (κ1) is 18.6. The zero-order valence-corrected chi connectivity index (χ0v) is 15.0. The molecule has 0 fully saturated rings. The maximum absolute atomic E-state index is 12.2. The molecule has 0 aliphatic heterocycles. The first-order chi connectivity index (χ1) is 10.2. The summed E-state index contributed by atoms with van der Waals surface area (Å²) in [5.41, 5.74) is -0.282. The second-order valence-electron chi connectivity index (χ2n) is 6.43. The zero-order valence-electron chi connectivity index (χ0n) is 14.2. The summed E-state index contributed by atoms with van der Waals surface area (Å²) in [6.07, 6.45) is 0. The van der Waals surface area contributed by atoms with Crippen LogP contribution in [0.2, 0.25) is 0 Å². The Labute approximate surface area is 137 Å². The minimum Gasteiger partial charge on any atom is -0.350 e. The molecule has 0 bridgehead atoms. The Morgan fingerprint density at radius 3 is 2.45 bits per heavy atom. The van der Waals surface area contributed by atoms with Crippen molar-refractivity contribution in [3.63, 3.8) is 0 Å². The third-order valence-corrected chi connectivity index (χ3v) is 3.95. The Morgan fingerprint density at radius 1 is 1.27 bits per heavy atom. The number of carbonyl (C=O) groups excluding carboxylic acids is 2. The fourth-order valence-corrected chi connectivity index (χ4v) is 2.72. The molecule has 0 saturated heterocycles. The highest BCUT2D eigenvalue weighted by Gasteiger charge is 2.19. The zero-order chi connectivity index (χ0) is 16.8. The van der Waals surface area contributed by atoms with E-state index in [1.54, 1.807) is 18.4 Å². The van der Waals surface area contributed by atoms with Crippen LogP contribution in [0.25, 0.3) is 0 Å². The molecule has 1 N–H and O–H groups in total. The second-order valence-corrected chi connectivity index (χ2v) is 7.46. The molecule has 0 radical (unpaired) electrons. The summed E-state index contributed by atoms with van der Waals surface area (Å²) < 4.78 is 0. The lowest BCUT2D eigenvalue weighted by Crippen LogP contribution is -2.47. The monoisotopic (exact) mass is 325 g/mol. The van der Waals surface area contributed by atoms with Crippen molar-refractivity contribution in [2.75, 3.05) is 26.7 Å². The average molecular weight is 325 g/mol. The molecule has 1 aromatic rings. The van der Waals surface area contributed by atoms with E-state index in [0.29, 0.717) is 6.54 Å². The average Bonchev–Trinajstić information content (AvgIpc) is 2.88. The molecule has 124 valence electrons. The molecule has 2 amide bonds. The molecule has 1 heterocycles. The van der Waals surface area contributed by atoms with E-state index in [9.17, 15) is 9.59 Å². The maximum Gasteiger partial charge on any atom is 0.240 e. The molecule has 1 rings (SSSR count). The fraction of sp³-hybridized carbons (Fsp3) is 0.625. The number of nitrogens with zero attached hydrogens (tertiary/aromatic N) is 2. The molecule has 1 aromatic heterocycles. The van der Waals surface area contributed by atoms with Gasteiger partial charge in [-0.2, -0.15) is 0 Å². The normalized spacial score (nSPS) is 11.5. The lowest BCUT2D eigenvalue weighted by Gasteiger charge is -2.25. The van der Waals surface area contributed by atoms with E-state index in [1.807, 2.05) is 39.1 Å². The predicted octanol–water partition coefficient (Wildman–Crippen LogP) is 1.94. The predicted molar refractivity (Wildman–Crippen MR) is 90.8 cm³/mol. The van der Waals surface area contributed by atoms with Gasteiger partial charge in [-0.05, 0) is 38.8 Å². The summed E-state index contributed by atoms with van der Waals surface area (Å²) >= 11 is 1.69. The van der Waals surface area contributed by atoms with Gasteiger partial charge in [0.2, 0.25) is 11.8 Å². The third kappa shape index (κ3) is 7.04. The first-order valence-corrected chi connectivity index (χ1v) is 8.39. The fourth-order valence-electron chi connectivity index (χ4n) is 1.98. The standard InChI is InChI=1S/C16H27N3O2S/c1-6-19(10-13-8-7-9-22-13)12-15(21)18(5)11-14(20)17-16(2,3)4/h7-9H,6,10-12H2,1-5H3,(H,17,20). The van der Waals surface area contributed by atoms with E-state index in [1.165, 1.54) is 9.78 Å². The molecule has 0 saturated carbocycles. The smallest absolute Gasteiger partial charge is 0.240 e. The van der Waals surface area contributed by atoms with Gasteiger partial charge in [0.15, 0.2) is 0 Å². The van der Waals surface area contributed by atoms with Crippen LogP contribution in [0, 0.1) is 0 Å². The second kappa shape index (κ2) is 8.29. The number of hydrogen-bond acceptors (Lipinski definition) is 4. The van der Waals surface area contributed by atoms with Gasteiger partial charge in [-0.25, -0.2) is 0 Å². The molecule has 0 aromatic carbocycles. The summed E-state index contributed by atoms with van der Waals surface area (Å²) in [6, 6.07) is 4.08. The van der Waals surface area contributed by atoms with E-state index in [-0.39, 0.29) is 23.9 Å². The van der Waals surface area contributed by atoms with Gasteiger partial charge in [0.1, 0.15) is 0 Å². The van der Waals surface area contributed by atoms with Crippen molar-refractivity contribution >= 4 is 23.2 Å². The first-order valence-electron chi connectivity index (χ1n) is 7.51. The Balaban J connectivity index is 2.46. The lowest BCUT2D eigenvalue weighted by molar-refractivity contribution is -0.136. The van der Waals surface area contributed by atoms with Crippen LogP contribution in [0.3, 0.4) is 0 Å².